The second kappa shape index (κ2) is 4.82. The second-order valence-electron chi connectivity index (χ2n) is 4.49. The van der Waals surface area contributed by atoms with E-state index in [1.807, 2.05) is 13.8 Å². The normalized spacial score (nSPS) is 25.1. The first kappa shape index (κ1) is 12.6. The van der Waals surface area contributed by atoms with Crippen molar-refractivity contribution in [3.63, 3.8) is 0 Å². The van der Waals surface area contributed by atoms with Gasteiger partial charge in [-0.3, -0.25) is 0 Å². The Balaban J connectivity index is 2.30. The Morgan fingerprint density at radius 1 is 1.35 bits per heavy atom. The maximum Gasteiger partial charge on any atom is 0.139 e. The number of anilines is 2. The molecule has 0 amide bonds. The number of rotatable bonds is 1. The SMILES string of the molecule is CC1CN(c2cc(Br)c(F)cc2N)CC(C)O1. The van der Waals surface area contributed by atoms with E-state index in [-0.39, 0.29) is 18.0 Å². The fourth-order valence-corrected chi connectivity index (χ4v) is 2.53. The molecule has 2 rings (SSSR count). The molecule has 1 heterocycles. The summed E-state index contributed by atoms with van der Waals surface area (Å²) in [5.41, 5.74) is 7.19. The van der Waals surface area contributed by atoms with Gasteiger partial charge in [0.25, 0.3) is 0 Å². The lowest BCUT2D eigenvalue weighted by molar-refractivity contribution is -0.00517. The van der Waals surface area contributed by atoms with E-state index in [9.17, 15) is 4.39 Å². The third-order valence-corrected chi connectivity index (χ3v) is 3.44. The van der Waals surface area contributed by atoms with Crippen molar-refractivity contribution in [2.24, 2.45) is 0 Å². The third kappa shape index (κ3) is 2.72. The van der Waals surface area contributed by atoms with Crippen LogP contribution in [-0.4, -0.2) is 25.3 Å². The highest BCUT2D eigenvalue weighted by Crippen LogP contribution is 2.31. The summed E-state index contributed by atoms with van der Waals surface area (Å²) in [7, 11) is 0. The number of benzene rings is 1. The Morgan fingerprint density at radius 3 is 2.53 bits per heavy atom. The smallest absolute Gasteiger partial charge is 0.139 e. The molecule has 1 fully saturated rings. The van der Waals surface area contributed by atoms with E-state index in [0.717, 1.165) is 18.8 Å². The zero-order chi connectivity index (χ0) is 12.6. The molecule has 0 aliphatic carbocycles. The summed E-state index contributed by atoms with van der Waals surface area (Å²) in [6, 6.07) is 3.08. The van der Waals surface area contributed by atoms with Crippen LogP contribution in [0.3, 0.4) is 0 Å². The van der Waals surface area contributed by atoms with E-state index in [0.29, 0.717) is 10.2 Å². The summed E-state index contributed by atoms with van der Waals surface area (Å²) in [5, 5.41) is 0. The largest absolute Gasteiger partial charge is 0.397 e. The van der Waals surface area contributed by atoms with Crippen LogP contribution in [0.5, 0.6) is 0 Å². The number of nitrogens with two attached hydrogens (primary N) is 1. The van der Waals surface area contributed by atoms with E-state index >= 15 is 0 Å². The van der Waals surface area contributed by atoms with E-state index < -0.39 is 0 Å². The number of halogens is 2. The van der Waals surface area contributed by atoms with Crippen LogP contribution in [0.4, 0.5) is 15.8 Å². The van der Waals surface area contributed by atoms with Gasteiger partial charge < -0.3 is 15.4 Å². The molecule has 2 unspecified atom stereocenters. The van der Waals surface area contributed by atoms with Gasteiger partial charge in [-0.2, -0.15) is 0 Å². The number of ether oxygens (including phenoxy) is 1. The number of nitrogen functional groups attached to an aromatic ring is 1. The van der Waals surface area contributed by atoms with Crippen LogP contribution in [0.25, 0.3) is 0 Å². The highest BCUT2D eigenvalue weighted by Gasteiger charge is 2.24. The van der Waals surface area contributed by atoms with Gasteiger partial charge in [0.2, 0.25) is 0 Å². The Hall–Kier alpha value is -0.810. The quantitative estimate of drug-likeness (QED) is 0.811. The predicted molar refractivity (Wildman–Crippen MR) is 70.7 cm³/mol. The van der Waals surface area contributed by atoms with Crippen molar-refractivity contribution in [3.05, 3.63) is 22.4 Å². The van der Waals surface area contributed by atoms with Gasteiger partial charge in [-0.25, -0.2) is 4.39 Å². The van der Waals surface area contributed by atoms with Gasteiger partial charge in [0.1, 0.15) is 5.82 Å². The van der Waals surface area contributed by atoms with Crippen LogP contribution in [0.1, 0.15) is 13.8 Å². The van der Waals surface area contributed by atoms with Gasteiger partial charge in [0, 0.05) is 19.2 Å². The lowest BCUT2D eigenvalue weighted by Gasteiger charge is -2.37. The summed E-state index contributed by atoms with van der Waals surface area (Å²) < 4.78 is 19.4. The van der Waals surface area contributed by atoms with Crippen LogP contribution in [0.15, 0.2) is 16.6 Å². The van der Waals surface area contributed by atoms with Crippen molar-refractivity contribution in [2.45, 2.75) is 26.1 Å². The fraction of sp³-hybridized carbons (Fsp3) is 0.500. The average Bonchev–Trinajstić information content (AvgIpc) is 2.22. The van der Waals surface area contributed by atoms with Gasteiger partial charge in [0.05, 0.1) is 28.1 Å². The number of nitrogens with zero attached hydrogens (tertiary/aromatic N) is 1. The Bertz CT molecular complexity index is 417. The zero-order valence-electron chi connectivity index (χ0n) is 9.91. The minimum absolute atomic E-state index is 0.155. The molecule has 0 saturated carbocycles. The minimum atomic E-state index is -0.333. The van der Waals surface area contributed by atoms with E-state index in [2.05, 4.69) is 20.8 Å². The van der Waals surface area contributed by atoms with Crippen molar-refractivity contribution < 1.29 is 9.13 Å². The summed E-state index contributed by atoms with van der Waals surface area (Å²) >= 11 is 3.19. The molecule has 2 N–H and O–H groups in total. The highest BCUT2D eigenvalue weighted by molar-refractivity contribution is 9.10. The Kier molecular flexibility index (Phi) is 3.58. The molecule has 94 valence electrons. The number of hydrogen-bond donors (Lipinski definition) is 1. The molecule has 1 saturated heterocycles. The molecule has 0 bridgehead atoms. The minimum Gasteiger partial charge on any atom is -0.397 e. The maximum absolute atomic E-state index is 13.3. The molecule has 1 aliphatic rings. The van der Waals surface area contributed by atoms with E-state index in [1.54, 1.807) is 6.07 Å². The predicted octanol–water partition coefficient (Wildman–Crippen LogP) is 2.78. The maximum atomic E-state index is 13.3. The molecule has 0 spiro atoms. The first-order valence-electron chi connectivity index (χ1n) is 5.62. The van der Waals surface area contributed by atoms with Gasteiger partial charge in [-0.05, 0) is 35.8 Å². The van der Waals surface area contributed by atoms with Crippen molar-refractivity contribution in [3.8, 4) is 0 Å². The van der Waals surface area contributed by atoms with Crippen LogP contribution < -0.4 is 10.6 Å². The Morgan fingerprint density at radius 2 is 1.94 bits per heavy atom. The first-order valence-corrected chi connectivity index (χ1v) is 6.41. The summed E-state index contributed by atoms with van der Waals surface area (Å²) in [6.07, 6.45) is 0.309. The third-order valence-electron chi connectivity index (χ3n) is 2.83. The lowest BCUT2D eigenvalue weighted by Crippen LogP contribution is -2.45. The summed E-state index contributed by atoms with van der Waals surface area (Å²) in [5.74, 6) is -0.333. The summed E-state index contributed by atoms with van der Waals surface area (Å²) in [6.45, 7) is 5.59. The molecular weight excluding hydrogens is 287 g/mol. The van der Waals surface area contributed by atoms with Crippen LogP contribution in [0.2, 0.25) is 0 Å². The first-order chi connectivity index (χ1) is 7.97. The molecule has 5 heteroatoms. The van der Waals surface area contributed by atoms with Crippen molar-refractivity contribution in [2.75, 3.05) is 23.7 Å². The number of morpholine rings is 1. The van der Waals surface area contributed by atoms with Crippen molar-refractivity contribution >= 4 is 27.3 Å². The monoisotopic (exact) mass is 302 g/mol. The number of hydrogen-bond acceptors (Lipinski definition) is 3. The van der Waals surface area contributed by atoms with Crippen molar-refractivity contribution in [1.29, 1.82) is 0 Å². The highest BCUT2D eigenvalue weighted by atomic mass is 79.9. The molecular formula is C12H16BrFN2O. The molecule has 0 radical (unpaired) electrons. The van der Waals surface area contributed by atoms with Gasteiger partial charge in [-0.1, -0.05) is 0 Å². The average molecular weight is 303 g/mol. The molecule has 1 aliphatic heterocycles. The van der Waals surface area contributed by atoms with E-state index in [1.165, 1.54) is 6.07 Å². The van der Waals surface area contributed by atoms with E-state index in [4.69, 9.17) is 10.5 Å². The van der Waals surface area contributed by atoms with Crippen molar-refractivity contribution in [1.82, 2.24) is 0 Å². The van der Waals surface area contributed by atoms with Crippen LogP contribution in [-0.2, 0) is 4.74 Å². The molecule has 1 aromatic carbocycles. The second-order valence-corrected chi connectivity index (χ2v) is 5.34. The fourth-order valence-electron chi connectivity index (χ4n) is 2.20. The van der Waals surface area contributed by atoms with Crippen LogP contribution >= 0.6 is 15.9 Å². The standard InChI is InChI=1S/C12H16BrFN2O/c1-7-5-16(6-8(2)17-7)12-3-9(13)10(14)4-11(12)15/h3-4,7-8H,5-6,15H2,1-2H3. The Labute approximate surface area is 109 Å². The van der Waals surface area contributed by atoms with Crippen LogP contribution in [0, 0.1) is 5.82 Å². The molecule has 0 aromatic heterocycles. The zero-order valence-corrected chi connectivity index (χ0v) is 11.5. The molecule has 17 heavy (non-hydrogen) atoms. The van der Waals surface area contributed by atoms with Gasteiger partial charge in [-0.15, -0.1) is 0 Å². The summed E-state index contributed by atoms with van der Waals surface area (Å²) in [4.78, 5) is 2.14. The lowest BCUT2D eigenvalue weighted by atomic mass is 10.1. The molecule has 1 aromatic rings. The topological polar surface area (TPSA) is 38.5 Å². The van der Waals surface area contributed by atoms with Gasteiger partial charge in [0.15, 0.2) is 0 Å². The molecule has 3 nitrogen and oxygen atoms in total. The van der Waals surface area contributed by atoms with Gasteiger partial charge >= 0.3 is 0 Å². The molecule has 2 atom stereocenters.